The fourth-order valence-corrected chi connectivity index (χ4v) is 7.44. The lowest BCUT2D eigenvalue weighted by atomic mass is 10.2. The van der Waals surface area contributed by atoms with Gasteiger partial charge >= 0.3 is 5.97 Å². The highest BCUT2D eigenvalue weighted by Gasteiger charge is 2.27. The summed E-state index contributed by atoms with van der Waals surface area (Å²) >= 11 is 3.83. The van der Waals surface area contributed by atoms with Gasteiger partial charge < -0.3 is 9.47 Å². The van der Waals surface area contributed by atoms with Gasteiger partial charge in [-0.3, -0.25) is 0 Å². The van der Waals surface area contributed by atoms with Crippen molar-refractivity contribution in [2.24, 2.45) is 0 Å². The Morgan fingerprint density at radius 2 is 1.72 bits per heavy atom. The van der Waals surface area contributed by atoms with Crippen LogP contribution in [0, 0.1) is 0 Å². The molecule has 29 heavy (non-hydrogen) atoms. The predicted molar refractivity (Wildman–Crippen MR) is 115 cm³/mol. The molecule has 0 atom stereocenters. The highest BCUT2D eigenvalue weighted by atomic mass is 32.2. The van der Waals surface area contributed by atoms with E-state index in [2.05, 4.69) is 0 Å². The van der Waals surface area contributed by atoms with E-state index in [1.54, 1.807) is 24.3 Å². The molecule has 2 heterocycles. The van der Waals surface area contributed by atoms with Gasteiger partial charge in [-0.15, -0.1) is 23.5 Å². The van der Waals surface area contributed by atoms with Crippen LogP contribution in [0.15, 0.2) is 53.4 Å². The summed E-state index contributed by atoms with van der Waals surface area (Å²) in [4.78, 5) is 12.6. The second-order valence-electron chi connectivity index (χ2n) is 6.58. The molecule has 0 amide bonds. The van der Waals surface area contributed by atoms with Gasteiger partial charge in [0.15, 0.2) is 0 Å². The summed E-state index contributed by atoms with van der Waals surface area (Å²) in [6, 6.07) is 13.5. The molecule has 2 aromatic carbocycles. The van der Waals surface area contributed by atoms with E-state index in [-0.39, 0.29) is 10.5 Å². The van der Waals surface area contributed by atoms with Crippen LogP contribution in [0.4, 0.5) is 0 Å². The van der Waals surface area contributed by atoms with E-state index in [0.717, 1.165) is 11.5 Å². The molecule has 2 aliphatic rings. The first-order chi connectivity index (χ1) is 14.0. The first-order valence-corrected chi connectivity index (χ1v) is 12.8. The molecule has 0 saturated carbocycles. The maximum Gasteiger partial charge on any atom is 0.343 e. The lowest BCUT2D eigenvalue weighted by molar-refractivity contribution is 0.0727. The zero-order valence-corrected chi connectivity index (χ0v) is 18.1. The van der Waals surface area contributed by atoms with Gasteiger partial charge in [0.05, 0.1) is 28.3 Å². The van der Waals surface area contributed by atoms with Gasteiger partial charge in [0.1, 0.15) is 5.75 Å². The zero-order chi connectivity index (χ0) is 20.3. The van der Waals surface area contributed by atoms with Gasteiger partial charge in [-0.05, 0) is 35.9 Å². The normalized spacial score (nSPS) is 18.6. The maximum absolute atomic E-state index is 12.8. The Morgan fingerprint density at radius 3 is 2.41 bits per heavy atom. The molecule has 9 heteroatoms. The average molecular weight is 452 g/mol. The molecule has 0 unspecified atom stereocenters. The summed E-state index contributed by atoms with van der Waals surface area (Å²) in [5, 5.41) is 0. The molecule has 0 spiro atoms. The van der Waals surface area contributed by atoms with Crippen LogP contribution in [-0.4, -0.2) is 56.5 Å². The number of thioether (sulfide) groups is 2. The van der Waals surface area contributed by atoms with Gasteiger partial charge in [0, 0.05) is 24.6 Å². The monoisotopic (exact) mass is 451 g/mol. The van der Waals surface area contributed by atoms with Crippen molar-refractivity contribution < 1.29 is 22.7 Å². The van der Waals surface area contributed by atoms with Crippen LogP contribution < -0.4 is 4.74 Å². The number of carbonyl (C=O) groups excluding carboxylic acids is 1. The summed E-state index contributed by atoms with van der Waals surface area (Å²) in [6.45, 7) is 1.35. The SMILES string of the molecule is O=C(Oc1ccc(C2SCCS2)cc1)c1cccc(S(=O)(=O)N2CCOCC2)c1. The lowest BCUT2D eigenvalue weighted by Gasteiger charge is -2.26. The minimum atomic E-state index is -3.67. The largest absolute Gasteiger partial charge is 0.423 e. The molecule has 2 saturated heterocycles. The fourth-order valence-electron chi connectivity index (χ4n) is 3.13. The van der Waals surface area contributed by atoms with Crippen molar-refractivity contribution >= 4 is 39.5 Å². The third-order valence-corrected chi connectivity index (χ3v) is 9.66. The van der Waals surface area contributed by atoms with Crippen molar-refractivity contribution in [3.63, 3.8) is 0 Å². The van der Waals surface area contributed by atoms with E-state index < -0.39 is 16.0 Å². The van der Waals surface area contributed by atoms with Crippen molar-refractivity contribution in [3.8, 4) is 5.75 Å². The number of carbonyl (C=O) groups is 1. The second-order valence-corrected chi connectivity index (χ2v) is 11.2. The minimum Gasteiger partial charge on any atom is -0.423 e. The number of hydrogen-bond donors (Lipinski definition) is 0. The predicted octanol–water partition coefficient (Wildman–Crippen LogP) is 3.41. The van der Waals surface area contributed by atoms with E-state index in [1.165, 1.54) is 22.0 Å². The number of rotatable bonds is 5. The van der Waals surface area contributed by atoms with Crippen LogP contribution in [0.1, 0.15) is 20.5 Å². The van der Waals surface area contributed by atoms with Crippen LogP contribution in [-0.2, 0) is 14.8 Å². The molecule has 0 radical (unpaired) electrons. The van der Waals surface area contributed by atoms with E-state index in [4.69, 9.17) is 9.47 Å². The first-order valence-electron chi connectivity index (χ1n) is 9.27. The molecule has 0 bridgehead atoms. The van der Waals surface area contributed by atoms with E-state index in [9.17, 15) is 13.2 Å². The summed E-state index contributed by atoms with van der Waals surface area (Å²) < 4.78 is 38.1. The number of hydrogen-bond acceptors (Lipinski definition) is 7. The highest BCUT2D eigenvalue weighted by Crippen LogP contribution is 2.45. The number of sulfonamides is 1. The van der Waals surface area contributed by atoms with Crippen molar-refractivity contribution in [1.29, 1.82) is 0 Å². The smallest absolute Gasteiger partial charge is 0.343 e. The second kappa shape index (κ2) is 9.09. The molecule has 0 N–H and O–H groups in total. The Balaban J connectivity index is 1.47. The number of nitrogens with zero attached hydrogens (tertiary/aromatic N) is 1. The van der Waals surface area contributed by atoms with E-state index >= 15 is 0 Å². The van der Waals surface area contributed by atoms with Gasteiger partial charge in [0.25, 0.3) is 0 Å². The lowest BCUT2D eigenvalue weighted by Crippen LogP contribution is -2.40. The zero-order valence-electron chi connectivity index (χ0n) is 15.7. The Kier molecular flexibility index (Phi) is 6.50. The highest BCUT2D eigenvalue weighted by molar-refractivity contribution is 8.19. The molecule has 2 aliphatic heterocycles. The van der Waals surface area contributed by atoms with Crippen molar-refractivity contribution in [2.45, 2.75) is 9.48 Å². The average Bonchev–Trinajstić information content (AvgIpc) is 3.30. The van der Waals surface area contributed by atoms with Crippen molar-refractivity contribution in [2.75, 3.05) is 37.8 Å². The van der Waals surface area contributed by atoms with Crippen LogP contribution in [0.25, 0.3) is 0 Å². The standard InChI is InChI=1S/C20H21NO5S3/c22-19(26-17-6-4-15(5-7-17)20-27-12-13-28-20)16-2-1-3-18(14-16)29(23,24)21-8-10-25-11-9-21/h1-7,14,20H,8-13H2. The minimum absolute atomic E-state index is 0.0829. The molecule has 6 nitrogen and oxygen atoms in total. The van der Waals surface area contributed by atoms with E-state index in [1.807, 2.05) is 35.7 Å². The summed E-state index contributed by atoms with van der Waals surface area (Å²) in [6.07, 6.45) is 0. The van der Waals surface area contributed by atoms with Gasteiger partial charge in [-0.2, -0.15) is 4.31 Å². The third-order valence-electron chi connectivity index (χ3n) is 4.66. The van der Waals surface area contributed by atoms with Gasteiger partial charge in [0.2, 0.25) is 10.0 Å². The summed E-state index contributed by atoms with van der Waals surface area (Å²) in [7, 11) is -3.67. The Hall–Kier alpha value is -1.52. The quantitative estimate of drug-likeness (QED) is 0.510. The number of benzene rings is 2. The first kappa shape index (κ1) is 20.7. The topological polar surface area (TPSA) is 72.9 Å². The molecule has 4 rings (SSSR count). The Labute approximate surface area is 179 Å². The summed E-state index contributed by atoms with van der Waals surface area (Å²) in [5.41, 5.74) is 1.40. The molecule has 0 aliphatic carbocycles. The Morgan fingerprint density at radius 1 is 1.03 bits per heavy atom. The number of ether oxygens (including phenoxy) is 2. The number of esters is 1. The fraction of sp³-hybridized carbons (Fsp3) is 0.350. The molecular formula is C20H21NO5S3. The van der Waals surface area contributed by atoms with Crippen molar-refractivity contribution in [1.82, 2.24) is 4.31 Å². The van der Waals surface area contributed by atoms with Crippen LogP contribution in [0.5, 0.6) is 5.75 Å². The van der Waals surface area contributed by atoms with Crippen LogP contribution in [0.3, 0.4) is 0 Å². The van der Waals surface area contributed by atoms with Crippen LogP contribution in [0.2, 0.25) is 0 Å². The molecule has 0 aromatic heterocycles. The number of morpholine rings is 1. The van der Waals surface area contributed by atoms with Crippen LogP contribution >= 0.6 is 23.5 Å². The van der Waals surface area contributed by atoms with Crippen molar-refractivity contribution in [3.05, 3.63) is 59.7 Å². The Bertz CT molecular complexity index is 966. The maximum atomic E-state index is 12.8. The van der Waals surface area contributed by atoms with E-state index in [0.29, 0.717) is 36.6 Å². The third kappa shape index (κ3) is 4.80. The van der Waals surface area contributed by atoms with Gasteiger partial charge in [-0.25, -0.2) is 13.2 Å². The molecule has 2 aromatic rings. The molecule has 2 fully saturated rings. The summed E-state index contributed by atoms with van der Waals surface area (Å²) in [5.74, 6) is 2.15. The van der Waals surface area contributed by atoms with Gasteiger partial charge in [-0.1, -0.05) is 18.2 Å². The molecule has 154 valence electrons. The molecular weight excluding hydrogens is 430 g/mol.